The van der Waals surface area contributed by atoms with Crippen LogP contribution in [0.4, 0.5) is 0 Å². The SMILES string of the molecule is CCc1nc(C2(N)CCCCC2)cs1. The first-order valence-corrected chi connectivity index (χ1v) is 6.36. The van der Waals surface area contributed by atoms with E-state index in [9.17, 15) is 0 Å². The van der Waals surface area contributed by atoms with Gasteiger partial charge in [0.05, 0.1) is 16.2 Å². The van der Waals surface area contributed by atoms with Crippen LogP contribution in [0, 0.1) is 0 Å². The molecule has 0 bridgehead atoms. The van der Waals surface area contributed by atoms with Crippen molar-refractivity contribution in [2.24, 2.45) is 5.73 Å². The summed E-state index contributed by atoms with van der Waals surface area (Å²) in [7, 11) is 0. The number of hydrogen-bond donors (Lipinski definition) is 1. The van der Waals surface area contributed by atoms with Crippen LogP contribution in [0.5, 0.6) is 0 Å². The van der Waals surface area contributed by atoms with Gasteiger partial charge in [-0.05, 0) is 19.3 Å². The maximum Gasteiger partial charge on any atom is 0.0926 e. The van der Waals surface area contributed by atoms with Crippen molar-refractivity contribution in [1.82, 2.24) is 4.98 Å². The Kier molecular flexibility index (Phi) is 2.88. The van der Waals surface area contributed by atoms with Gasteiger partial charge in [-0.2, -0.15) is 0 Å². The minimum absolute atomic E-state index is 0.109. The molecule has 1 aromatic rings. The largest absolute Gasteiger partial charge is 0.320 e. The van der Waals surface area contributed by atoms with Crippen molar-refractivity contribution in [2.75, 3.05) is 0 Å². The lowest BCUT2D eigenvalue weighted by Gasteiger charge is -2.31. The third kappa shape index (κ3) is 1.84. The van der Waals surface area contributed by atoms with Gasteiger partial charge in [0.15, 0.2) is 0 Å². The molecule has 3 heteroatoms. The third-order valence-corrected chi connectivity index (χ3v) is 4.10. The van der Waals surface area contributed by atoms with Crippen LogP contribution in [-0.2, 0) is 12.0 Å². The van der Waals surface area contributed by atoms with Crippen molar-refractivity contribution in [2.45, 2.75) is 51.0 Å². The number of aromatic nitrogens is 1. The van der Waals surface area contributed by atoms with Crippen LogP contribution in [0.15, 0.2) is 5.38 Å². The van der Waals surface area contributed by atoms with E-state index in [1.54, 1.807) is 11.3 Å². The van der Waals surface area contributed by atoms with Crippen LogP contribution in [0.1, 0.15) is 49.7 Å². The molecule has 1 heterocycles. The zero-order chi connectivity index (χ0) is 10.0. The molecule has 1 fully saturated rings. The molecular weight excluding hydrogens is 192 g/mol. The molecule has 0 aliphatic heterocycles. The monoisotopic (exact) mass is 210 g/mol. The number of hydrogen-bond acceptors (Lipinski definition) is 3. The number of nitrogens with two attached hydrogens (primary N) is 1. The van der Waals surface area contributed by atoms with Gasteiger partial charge in [0.25, 0.3) is 0 Å². The molecule has 0 atom stereocenters. The average Bonchev–Trinajstić information content (AvgIpc) is 2.67. The van der Waals surface area contributed by atoms with Crippen LogP contribution in [0.2, 0.25) is 0 Å². The second kappa shape index (κ2) is 3.99. The molecule has 0 saturated heterocycles. The number of thiazole rings is 1. The minimum Gasteiger partial charge on any atom is -0.320 e. The van der Waals surface area contributed by atoms with Crippen molar-refractivity contribution < 1.29 is 0 Å². The maximum absolute atomic E-state index is 6.39. The van der Waals surface area contributed by atoms with Gasteiger partial charge in [-0.25, -0.2) is 4.98 Å². The molecule has 0 unspecified atom stereocenters. The summed E-state index contributed by atoms with van der Waals surface area (Å²) >= 11 is 1.75. The Labute approximate surface area is 89.5 Å². The van der Waals surface area contributed by atoms with Crippen LogP contribution < -0.4 is 5.73 Å². The zero-order valence-electron chi connectivity index (χ0n) is 8.75. The van der Waals surface area contributed by atoms with E-state index in [4.69, 9.17) is 5.73 Å². The minimum atomic E-state index is -0.109. The molecule has 1 aliphatic rings. The molecule has 2 nitrogen and oxygen atoms in total. The number of rotatable bonds is 2. The van der Waals surface area contributed by atoms with E-state index in [-0.39, 0.29) is 5.54 Å². The fourth-order valence-corrected chi connectivity index (χ4v) is 2.99. The summed E-state index contributed by atoms with van der Waals surface area (Å²) in [6.07, 6.45) is 7.11. The fraction of sp³-hybridized carbons (Fsp3) is 0.727. The number of aryl methyl sites for hydroxylation is 1. The highest BCUT2D eigenvalue weighted by Gasteiger charge is 2.31. The average molecular weight is 210 g/mol. The van der Waals surface area contributed by atoms with Gasteiger partial charge < -0.3 is 5.73 Å². The van der Waals surface area contributed by atoms with Gasteiger partial charge in [-0.1, -0.05) is 26.2 Å². The topological polar surface area (TPSA) is 38.9 Å². The summed E-state index contributed by atoms with van der Waals surface area (Å²) in [6.45, 7) is 2.15. The van der Waals surface area contributed by atoms with Crippen molar-refractivity contribution in [3.05, 3.63) is 16.1 Å². The van der Waals surface area contributed by atoms with E-state index >= 15 is 0 Å². The van der Waals surface area contributed by atoms with E-state index < -0.39 is 0 Å². The zero-order valence-corrected chi connectivity index (χ0v) is 9.57. The van der Waals surface area contributed by atoms with E-state index in [1.807, 2.05) is 0 Å². The van der Waals surface area contributed by atoms with Crippen LogP contribution in [0.3, 0.4) is 0 Å². The van der Waals surface area contributed by atoms with E-state index in [0.29, 0.717) is 0 Å². The molecule has 78 valence electrons. The van der Waals surface area contributed by atoms with E-state index in [2.05, 4.69) is 17.3 Å². The Hall–Kier alpha value is -0.410. The molecule has 1 aromatic heterocycles. The lowest BCUT2D eigenvalue weighted by molar-refractivity contribution is 0.296. The Morgan fingerprint density at radius 1 is 1.43 bits per heavy atom. The molecule has 1 saturated carbocycles. The van der Waals surface area contributed by atoms with Crippen LogP contribution in [0.25, 0.3) is 0 Å². The predicted octanol–water partition coefficient (Wildman–Crippen LogP) is 2.82. The molecular formula is C11H18N2S. The second-order valence-corrected chi connectivity index (χ2v) is 5.14. The Morgan fingerprint density at radius 2 is 2.14 bits per heavy atom. The molecule has 0 aromatic carbocycles. The lowest BCUT2D eigenvalue weighted by atomic mass is 9.81. The molecule has 0 amide bonds. The summed E-state index contributed by atoms with van der Waals surface area (Å²) in [5.74, 6) is 0. The van der Waals surface area contributed by atoms with Gasteiger partial charge in [-0.3, -0.25) is 0 Å². The van der Waals surface area contributed by atoms with Gasteiger partial charge >= 0.3 is 0 Å². The van der Waals surface area contributed by atoms with Crippen molar-refractivity contribution in [3.8, 4) is 0 Å². The first-order chi connectivity index (χ1) is 6.74. The molecule has 0 spiro atoms. The van der Waals surface area contributed by atoms with E-state index in [1.165, 1.54) is 24.3 Å². The van der Waals surface area contributed by atoms with Gasteiger partial charge in [0.2, 0.25) is 0 Å². The fourth-order valence-electron chi connectivity index (χ4n) is 2.14. The summed E-state index contributed by atoms with van der Waals surface area (Å²) in [5, 5.41) is 3.37. The smallest absolute Gasteiger partial charge is 0.0926 e. The summed E-state index contributed by atoms with van der Waals surface area (Å²) < 4.78 is 0. The molecule has 2 N–H and O–H groups in total. The van der Waals surface area contributed by atoms with E-state index in [0.717, 1.165) is 25.0 Å². The molecule has 14 heavy (non-hydrogen) atoms. The first-order valence-electron chi connectivity index (χ1n) is 5.48. The Morgan fingerprint density at radius 3 is 2.71 bits per heavy atom. The van der Waals surface area contributed by atoms with Crippen molar-refractivity contribution in [3.63, 3.8) is 0 Å². The number of nitrogens with zero attached hydrogens (tertiary/aromatic N) is 1. The standard InChI is InChI=1S/C11H18N2S/c1-2-10-13-9(8-14-10)11(12)6-4-3-5-7-11/h8H,2-7,12H2,1H3. The van der Waals surface area contributed by atoms with Gasteiger partial charge in [0, 0.05) is 5.38 Å². The first kappa shape index (κ1) is 10.1. The molecule has 1 aliphatic carbocycles. The highest BCUT2D eigenvalue weighted by Crippen LogP contribution is 2.35. The van der Waals surface area contributed by atoms with Crippen molar-refractivity contribution >= 4 is 11.3 Å². The quantitative estimate of drug-likeness (QED) is 0.815. The normalized spacial score (nSPS) is 21.0. The predicted molar refractivity (Wildman–Crippen MR) is 60.4 cm³/mol. The van der Waals surface area contributed by atoms with Gasteiger partial charge in [-0.15, -0.1) is 11.3 Å². The van der Waals surface area contributed by atoms with Crippen LogP contribution in [-0.4, -0.2) is 4.98 Å². The second-order valence-electron chi connectivity index (χ2n) is 4.20. The Balaban J connectivity index is 2.19. The Bertz CT molecular complexity index is 300. The highest BCUT2D eigenvalue weighted by atomic mass is 32.1. The van der Waals surface area contributed by atoms with Crippen LogP contribution >= 0.6 is 11.3 Å². The highest BCUT2D eigenvalue weighted by molar-refractivity contribution is 7.09. The maximum atomic E-state index is 6.39. The van der Waals surface area contributed by atoms with Crippen molar-refractivity contribution in [1.29, 1.82) is 0 Å². The molecule has 0 radical (unpaired) electrons. The van der Waals surface area contributed by atoms with Gasteiger partial charge in [0.1, 0.15) is 0 Å². The summed E-state index contributed by atoms with van der Waals surface area (Å²) in [5.41, 5.74) is 7.42. The summed E-state index contributed by atoms with van der Waals surface area (Å²) in [4.78, 5) is 4.62. The summed E-state index contributed by atoms with van der Waals surface area (Å²) in [6, 6.07) is 0. The lowest BCUT2D eigenvalue weighted by Crippen LogP contribution is -2.38. The third-order valence-electron chi connectivity index (χ3n) is 3.11. The molecule has 2 rings (SSSR count).